The number of thiazole rings is 1. The van der Waals surface area contributed by atoms with E-state index >= 15 is 0 Å². The molecule has 0 aliphatic rings. The fourth-order valence-electron chi connectivity index (χ4n) is 2.04. The third-order valence-electron chi connectivity index (χ3n) is 3.05. The molecule has 0 saturated heterocycles. The van der Waals surface area contributed by atoms with Crippen LogP contribution in [0.15, 0.2) is 46.6 Å². The molecular weight excluding hydrogens is 410 g/mol. The fraction of sp³-hybridized carbons (Fsp3) is 0.0667. The van der Waals surface area contributed by atoms with Crippen LogP contribution in [-0.4, -0.2) is 25.8 Å². The van der Waals surface area contributed by atoms with Crippen molar-refractivity contribution in [3.63, 3.8) is 0 Å². The average Bonchev–Trinajstić information content (AvgIpc) is 3.03. The summed E-state index contributed by atoms with van der Waals surface area (Å²) in [4.78, 5) is 35.0. The zero-order valence-electron chi connectivity index (χ0n) is 12.5. The largest absolute Gasteiger partial charge is 0.325 e. The molecule has 0 radical (unpaired) electrons. The number of hydrogen-bond donors (Lipinski definition) is 1. The second-order valence-corrected chi connectivity index (χ2v) is 6.69. The van der Waals surface area contributed by atoms with Gasteiger partial charge in [0.15, 0.2) is 0 Å². The number of rotatable bonds is 5. The van der Waals surface area contributed by atoms with Crippen molar-refractivity contribution in [3.05, 3.63) is 62.5 Å². The Labute approximate surface area is 154 Å². The van der Waals surface area contributed by atoms with Crippen LogP contribution in [0.1, 0.15) is 5.69 Å². The van der Waals surface area contributed by atoms with Gasteiger partial charge < -0.3 is 5.32 Å². The Balaban J connectivity index is 1.69. The molecule has 10 heteroatoms. The molecule has 126 valence electrons. The molecule has 8 nitrogen and oxygen atoms in total. The Hall–Kier alpha value is -2.72. The quantitative estimate of drug-likeness (QED) is 0.500. The molecule has 3 aromatic rings. The van der Waals surface area contributed by atoms with E-state index in [2.05, 4.69) is 36.2 Å². The molecule has 0 atom stereocenters. The number of amides is 1. The summed E-state index contributed by atoms with van der Waals surface area (Å²) in [6.07, 6.45) is 4.80. The van der Waals surface area contributed by atoms with Gasteiger partial charge in [0.1, 0.15) is 10.7 Å². The Kier molecular flexibility index (Phi) is 5.10. The molecule has 0 unspecified atom stereocenters. The lowest BCUT2D eigenvalue weighted by Crippen LogP contribution is -2.14. The molecule has 0 aliphatic carbocycles. The predicted octanol–water partition coefficient (Wildman–Crippen LogP) is 3.45. The van der Waals surface area contributed by atoms with Gasteiger partial charge in [0.25, 0.3) is 5.69 Å². The third-order valence-corrected chi connectivity index (χ3v) is 4.42. The van der Waals surface area contributed by atoms with Crippen molar-refractivity contribution in [2.45, 2.75) is 6.42 Å². The van der Waals surface area contributed by atoms with Crippen molar-refractivity contribution in [1.29, 1.82) is 0 Å². The van der Waals surface area contributed by atoms with Crippen LogP contribution in [0, 0.1) is 10.1 Å². The molecule has 0 bridgehead atoms. The summed E-state index contributed by atoms with van der Waals surface area (Å²) in [5.74, 6) is -0.316. The van der Waals surface area contributed by atoms with Gasteiger partial charge in [0, 0.05) is 40.1 Å². The molecule has 0 spiro atoms. The van der Waals surface area contributed by atoms with Gasteiger partial charge in [0.2, 0.25) is 5.91 Å². The number of nitrogens with zero attached hydrogens (tertiary/aromatic N) is 4. The number of hydrogen-bond acceptors (Lipinski definition) is 7. The van der Waals surface area contributed by atoms with Crippen LogP contribution in [0.2, 0.25) is 0 Å². The third kappa shape index (κ3) is 4.43. The number of halogens is 1. The van der Waals surface area contributed by atoms with Crippen LogP contribution in [0.25, 0.3) is 10.7 Å². The van der Waals surface area contributed by atoms with Crippen LogP contribution < -0.4 is 5.32 Å². The van der Waals surface area contributed by atoms with E-state index in [4.69, 9.17) is 0 Å². The Morgan fingerprint density at radius 1 is 1.32 bits per heavy atom. The highest BCUT2D eigenvalue weighted by atomic mass is 79.9. The molecule has 2 aromatic heterocycles. The molecule has 0 fully saturated rings. The van der Waals surface area contributed by atoms with Crippen LogP contribution in [-0.2, 0) is 11.2 Å². The normalized spacial score (nSPS) is 10.4. The maximum atomic E-state index is 12.2. The molecule has 1 amide bonds. The number of nitrogens with one attached hydrogen (secondary N) is 1. The van der Waals surface area contributed by atoms with Gasteiger partial charge in [0.05, 0.1) is 23.2 Å². The molecule has 25 heavy (non-hydrogen) atoms. The van der Waals surface area contributed by atoms with Crippen molar-refractivity contribution in [1.82, 2.24) is 15.0 Å². The molecule has 3 rings (SSSR count). The first-order chi connectivity index (χ1) is 12.0. The summed E-state index contributed by atoms with van der Waals surface area (Å²) >= 11 is 4.56. The van der Waals surface area contributed by atoms with Gasteiger partial charge >= 0.3 is 0 Å². The number of nitro benzene ring substituents is 1. The smallest absolute Gasteiger partial charge is 0.272 e. The van der Waals surface area contributed by atoms with Crippen molar-refractivity contribution in [3.8, 4) is 10.7 Å². The van der Waals surface area contributed by atoms with Crippen molar-refractivity contribution >= 4 is 44.5 Å². The Morgan fingerprint density at radius 3 is 2.88 bits per heavy atom. The van der Waals surface area contributed by atoms with E-state index in [1.54, 1.807) is 30.0 Å². The van der Waals surface area contributed by atoms with Crippen molar-refractivity contribution in [2.75, 3.05) is 5.32 Å². The number of carbonyl (C=O) groups excluding carboxylic acids is 1. The number of aromatic nitrogens is 3. The molecule has 2 heterocycles. The number of non-ortho nitro benzene ring substituents is 1. The summed E-state index contributed by atoms with van der Waals surface area (Å²) in [6.45, 7) is 0. The van der Waals surface area contributed by atoms with E-state index in [9.17, 15) is 14.9 Å². The summed E-state index contributed by atoms with van der Waals surface area (Å²) in [6, 6.07) is 4.26. The summed E-state index contributed by atoms with van der Waals surface area (Å²) in [5.41, 5.74) is 1.47. The minimum atomic E-state index is -0.520. The highest BCUT2D eigenvalue weighted by Gasteiger charge is 2.13. The van der Waals surface area contributed by atoms with Gasteiger partial charge in [-0.2, -0.15) is 0 Å². The van der Waals surface area contributed by atoms with E-state index in [1.165, 1.54) is 23.5 Å². The number of benzene rings is 1. The topological polar surface area (TPSA) is 111 Å². The monoisotopic (exact) mass is 419 g/mol. The van der Waals surface area contributed by atoms with Crippen molar-refractivity contribution < 1.29 is 9.72 Å². The first kappa shape index (κ1) is 17.1. The van der Waals surface area contributed by atoms with E-state index in [0.717, 1.165) is 0 Å². The van der Waals surface area contributed by atoms with Gasteiger partial charge in [-0.05, 0) is 6.07 Å². The van der Waals surface area contributed by atoms with E-state index in [-0.39, 0.29) is 18.0 Å². The van der Waals surface area contributed by atoms with Crippen LogP contribution in [0.4, 0.5) is 11.4 Å². The van der Waals surface area contributed by atoms with Gasteiger partial charge in [-0.1, -0.05) is 15.9 Å². The van der Waals surface area contributed by atoms with Gasteiger partial charge in [-0.25, -0.2) is 4.98 Å². The van der Waals surface area contributed by atoms with Crippen LogP contribution >= 0.6 is 27.3 Å². The molecular formula is C15H10BrN5O3S. The summed E-state index contributed by atoms with van der Waals surface area (Å²) < 4.78 is 0.510. The molecule has 1 aromatic carbocycles. The lowest BCUT2D eigenvalue weighted by atomic mass is 10.2. The number of carbonyl (C=O) groups is 1. The SMILES string of the molecule is O=C(Cc1csc(-c2cnccn2)n1)Nc1cc(Br)cc([N+](=O)[O-])c1. The van der Waals surface area contributed by atoms with Gasteiger partial charge in [-0.3, -0.25) is 24.9 Å². The predicted molar refractivity (Wildman–Crippen MR) is 96.3 cm³/mol. The fourth-order valence-corrected chi connectivity index (χ4v) is 3.30. The Bertz CT molecular complexity index is 932. The minimum absolute atomic E-state index is 0.0527. The highest BCUT2D eigenvalue weighted by Crippen LogP contribution is 2.25. The lowest BCUT2D eigenvalue weighted by molar-refractivity contribution is -0.384. The first-order valence-corrected chi connectivity index (χ1v) is 8.64. The van der Waals surface area contributed by atoms with Gasteiger partial charge in [-0.15, -0.1) is 11.3 Å². The zero-order valence-corrected chi connectivity index (χ0v) is 15.0. The maximum Gasteiger partial charge on any atom is 0.272 e. The summed E-state index contributed by atoms with van der Waals surface area (Å²) in [7, 11) is 0. The molecule has 0 aliphatic heterocycles. The highest BCUT2D eigenvalue weighted by molar-refractivity contribution is 9.10. The Morgan fingerprint density at radius 2 is 2.16 bits per heavy atom. The standard InChI is InChI=1S/C15H10BrN5O3S/c16-9-3-10(5-12(4-9)21(23)24)19-14(22)6-11-8-25-15(20-11)13-7-17-1-2-18-13/h1-5,7-8H,6H2,(H,19,22). The molecule has 0 saturated carbocycles. The van der Waals surface area contributed by atoms with Crippen LogP contribution in [0.3, 0.4) is 0 Å². The zero-order chi connectivity index (χ0) is 17.8. The number of anilines is 1. The second-order valence-electron chi connectivity index (χ2n) is 4.91. The summed E-state index contributed by atoms with van der Waals surface area (Å²) in [5, 5.41) is 16.0. The first-order valence-electron chi connectivity index (χ1n) is 6.97. The lowest BCUT2D eigenvalue weighted by Gasteiger charge is -2.05. The van der Waals surface area contributed by atoms with E-state index < -0.39 is 4.92 Å². The second kappa shape index (κ2) is 7.45. The minimum Gasteiger partial charge on any atom is -0.325 e. The number of nitro groups is 1. The van der Waals surface area contributed by atoms with E-state index in [0.29, 0.717) is 26.6 Å². The van der Waals surface area contributed by atoms with Crippen LogP contribution in [0.5, 0.6) is 0 Å². The average molecular weight is 420 g/mol. The van der Waals surface area contributed by atoms with Crippen molar-refractivity contribution in [2.24, 2.45) is 0 Å². The maximum absolute atomic E-state index is 12.2. The molecule has 1 N–H and O–H groups in total. The van der Waals surface area contributed by atoms with E-state index in [1.807, 2.05) is 0 Å².